The Bertz CT molecular complexity index is 216. The summed E-state index contributed by atoms with van der Waals surface area (Å²) in [7, 11) is 0. The first-order chi connectivity index (χ1) is 7.70. The molecule has 2 rings (SSSR count). The van der Waals surface area contributed by atoms with Gasteiger partial charge in [-0.3, -0.25) is 4.90 Å². The number of hydrogen-bond donors (Lipinski definition) is 1. The lowest BCUT2D eigenvalue weighted by Gasteiger charge is -2.40. The van der Waals surface area contributed by atoms with Crippen LogP contribution in [0.25, 0.3) is 0 Å². The first kappa shape index (κ1) is 12.3. The minimum absolute atomic E-state index is 0.120. The molecule has 0 aliphatic carbocycles. The molecule has 2 aliphatic rings. The van der Waals surface area contributed by atoms with Gasteiger partial charge >= 0.3 is 0 Å². The third-order valence-electron chi connectivity index (χ3n) is 4.02. The Morgan fingerprint density at radius 3 is 2.81 bits per heavy atom. The van der Waals surface area contributed by atoms with Crippen LogP contribution in [0.4, 0.5) is 0 Å². The summed E-state index contributed by atoms with van der Waals surface area (Å²) in [5, 5.41) is 3.27. The molecular formula is C13H26N2O. The topological polar surface area (TPSA) is 24.5 Å². The zero-order chi connectivity index (χ0) is 11.4. The highest BCUT2D eigenvalue weighted by Gasteiger charge is 2.32. The maximum absolute atomic E-state index is 5.95. The summed E-state index contributed by atoms with van der Waals surface area (Å²) in [4.78, 5) is 2.60. The lowest BCUT2D eigenvalue weighted by atomic mass is 10.0. The molecule has 94 valence electrons. The van der Waals surface area contributed by atoms with Gasteiger partial charge in [0.15, 0.2) is 0 Å². The average molecular weight is 226 g/mol. The Morgan fingerprint density at radius 2 is 2.12 bits per heavy atom. The largest absolute Gasteiger partial charge is 0.371 e. The third kappa shape index (κ3) is 3.19. The van der Waals surface area contributed by atoms with Crippen LogP contribution in [0.3, 0.4) is 0 Å². The van der Waals surface area contributed by atoms with E-state index in [2.05, 4.69) is 24.1 Å². The highest BCUT2D eigenvalue weighted by atomic mass is 16.5. The van der Waals surface area contributed by atoms with Gasteiger partial charge < -0.3 is 10.1 Å². The van der Waals surface area contributed by atoms with Crippen molar-refractivity contribution in [3.05, 3.63) is 0 Å². The van der Waals surface area contributed by atoms with Gasteiger partial charge in [-0.05, 0) is 33.2 Å². The minimum atomic E-state index is 0.120. The van der Waals surface area contributed by atoms with Crippen molar-refractivity contribution in [3.8, 4) is 0 Å². The van der Waals surface area contributed by atoms with E-state index >= 15 is 0 Å². The van der Waals surface area contributed by atoms with E-state index in [0.717, 1.165) is 32.3 Å². The summed E-state index contributed by atoms with van der Waals surface area (Å²) >= 11 is 0. The lowest BCUT2D eigenvalue weighted by Crippen LogP contribution is -2.59. The normalized spacial score (nSPS) is 30.8. The van der Waals surface area contributed by atoms with Gasteiger partial charge in [0, 0.05) is 25.7 Å². The number of nitrogens with zero attached hydrogens (tertiary/aromatic N) is 1. The molecule has 0 aromatic rings. The highest BCUT2D eigenvalue weighted by Crippen LogP contribution is 2.18. The Hall–Kier alpha value is -0.120. The maximum atomic E-state index is 5.95. The zero-order valence-corrected chi connectivity index (χ0v) is 10.8. The van der Waals surface area contributed by atoms with E-state index in [1.54, 1.807) is 0 Å². The fourth-order valence-electron chi connectivity index (χ4n) is 2.65. The molecule has 0 aromatic heterocycles. The van der Waals surface area contributed by atoms with E-state index in [0.29, 0.717) is 0 Å². The van der Waals surface area contributed by atoms with Crippen LogP contribution < -0.4 is 5.32 Å². The summed E-state index contributed by atoms with van der Waals surface area (Å²) in [5.41, 5.74) is 0.120. The van der Waals surface area contributed by atoms with E-state index in [1.165, 1.54) is 32.2 Å². The molecule has 0 radical (unpaired) electrons. The van der Waals surface area contributed by atoms with Gasteiger partial charge in [-0.25, -0.2) is 0 Å². The van der Waals surface area contributed by atoms with Crippen LogP contribution in [0.2, 0.25) is 0 Å². The molecule has 2 saturated heterocycles. The molecule has 0 aromatic carbocycles. The SMILES string of the molecule is CC1CCCCCN1CCOC1(C)CNC1. The minimum Gasteiger partial charge on any atom is -0.371 e. The predicted octanol–water partition coefficient (Wildman–Crippen LogP) is 1.63. The Labute approximate surface area is 99.5 Å². The second kappa shape index (κ2) is 5.48. The predicted molar refractivity (Wildman–Crippen MR) is 66.7 cm³/mol. The van der Waals surface area contributed by atoms with Crippen molar-refractivity contribution in [1.29, 1.82) is 0 Å². The molecule has 1 atom stereocenters. The van der Waals surface area contributed by atoms with Gasteiger partial charge in [0.05, 0.1) is 12.2 Å². The van der Waals surface area contributed by atoms with Crippen molar-refractivity contribution in [3.63, 3.8) is 0 Å². The van der Waals surface area contributed by atoms with Crippen LogP contribution in [-0.4, -0.2) is 49.3 Å². The van der Waals surface area contributed by atoms with Crippen LogP contribution in [-0.2, 0) is 4.74 Å². The van der Waals surface area contributed by atoms with Gasteiger partial charge in [0.25, 0.3) is 0 Å². The van der Waals surface area contributed by atoms with Crippen molar-refractivity contribution < 1.29 is 4.74 Å². The van der Waals surface area contributed by atoms with Crippen molar-refractivity contribution in [2.24, 2.45) is 0 Å². The molecule has 2 heterocycles. The summed E-state index contributed by atoms with van der Waals surface area (Å²) < 4.78 is 5.95. The molecule has 3 nitrogen and oxygen atoms in total. The van der Waals surface area contributed by atoms with E-state index in [-0.39, 0.29) is 5.60 Å². The Morgan fingerprint density at radius 1 is 1.31 bits per heavy atom. The van der Waals surface area contributed by atoms with Crippen molar-refractivity contribution in [1.82, 2.24) is 10.2 Å². The van der Waals surface area contributed by atoms with Gasteiger partial charge in [-0.2, -0.15) is 0 Å². The zero-order valence-electron chi connectivity index (χ0n) is 10.8. The third-order valence-corrected chi connectivity index (χ3v) is 4.02. The summed E-state index contributed by atoms with van der Waals surface area (Å²) in [6, 6.07) is 0.749. The van der Waals surface area contributed by atoms with Crippen molar-refractivity contribution in [2.75, 3.05) is 32.8 Å². The molecule has 3 heteroatoms. The number of likely N-dealkylation sites (tertiary alicyclic amines) is 1. The molecule has 0 saturated carbocycles. The van der Waals surface area contributed by atoms with E-state index < -0.39 is 0 Å². The number of hydrogen-bond acceptors (Lipinski definition) is 3. The fourth-order valence-corrected chi connectivity index (χ4v) is 2.65. The van der Waals surface area contributed by atoms with Crippen LogP contribution in [0.5, 0.6) is 0 Å². The molecule has 16 heavy (non-hydrogen) atoms. The van der Waals surface area contributed by atoms with Gasteiger partial charge in [0.1, 0.15) is 0 Å². The van der Waals surface area contributed by atoms with Gasteiger partial charge in [0.2, 0.25) is 0 Å². The summed E-state index contributed by atoms with van der Waals surface area (Å²) in [6.45, 7) is 9.86. The second-order valence-corrected chi connectivity index (χ2v) is 5.64. The number of rotatable bonds is 4. The second-order valence-electron chi connectivity index (χ2n) is 5.64. The van der Waals surface area contributed by atoms with E-state index in [1.807, 2.05) is 0 Å². The number of nitrogens with one attached hydrogen (secondary N) is 1. The van der Waals surface area contributed by atoms with Gasteiger partial charge in [-0.15, -0.1) is 0 Å². The van der Waals surface area contributed by atoms with Crippen LogP contribution in [0, 0.1) is 0 Å². The monoisotopic (exact) mass is 226 g/mol. The highest BCUT2D eigenvalue weighted by molar-refractivity contribution is 4.90. The first-order valence-electron chi connectivity index (χ1n) is 6.78. The first-order valence-corrected chi connectivity index (χ1v) is 6.78. The average Bonchev–Trinajstić information content (AvgIpc) is 2.42. The molecule has 0 amide bonds. The maximum Gasteiger partial charge on any atom is 0.0902 e. The van der Waals surface area contributed by atoms with Crippen LogP contribution in [0.15, 0.2) is 0 Å². The fraction of sp³-hybridized carbons (Fsp3) is 1.00. The molecule has 0 bridgehead atoms. The van der Waals surface area contributed by atoms with Crippen LogP contribution >= 0.6 is 0 Å². The van der Waals surface area contributed by atoms with Gasteiger partial charge in [-0.1, -0.05) is 12.8 Å². The van der Waals surface area contributed by atoms with E-state index in [9.17, 15) is 0 Å². The smallest absolute Gasteiger partial charge is 0.0902 e. The van der Waals surface area contributed by atoms with E-state index in [4.69, 9.17) is 4.74 Å². The summed E-state index contributed by atoms with van der Waals surface area (Å²) in [5.74, 6) is 0. The number of ether oxygens (including phenoxy) is 1. The Balaban J connectivity index is 1.67. The lowest BCUT2D eigenvalue weighted by molar-refractivity contribution is -0.0739. The standard InChI is InChI=1S/C13H26N2O/c1-12-6-4-3-5-7-15(12)8-9-16-13(2)10-14-11-13/h12,14H,3-11H2,1-2H3. The summed E-state index contributed by atoms with van der Waals surface area (Å²) in [6.07, 6.45) is 5.53. The molecule has 1 unspecified atom stereocenters. The molecule has 0 spiro atoms. The quantitative estimate of drug-likeness (QED) is 0.788. The van der Waals surface area contributed by atoms with Crippen molar-refractivity contribution in [2.45, 2.75) is 51.2 Å². The Kier molecular flexibility index (Phi) is 4.22. The molecule has 1 N–H and O–H groups in total. The van der Waals surface area contributed by atoms with Crippen LogP contribution in [0.1, 0.15) is 39.5 Å². The van der Waals surface area contributed by atoms with Crippen molar-refractivity contribution >= 4 is 0 Å². The molecule has 2 aliphatic heterocycles. The molecular weight excluding hydrogens is 200 g/mol. The molecule has 2 fully saturated rings.